The molecule has 2 aromatic rings. The fourth-order valence-corrected chi connectivity index (χ4v) is 2.35. The summed E-state index contributed by atoms with van der Waals surface area (Å²) in [6.45, 7) is 4.66. The van der Waals surface area contributed by atoms with E-state index in [-0.39, 0.29) is 5.84 Å². The third-order valence-electron chi connectivity index (χ3n) is 3.36. The molecule has 0 spiro atoms. The van der Waals surface area contributed by atoms with Gasteiger partial charge in [0.25, 0.3) is 0 Å². The van der Waals surface area contributed by atoms with E-state index in [0.29, 0.717) is 10.6 Å². The molecule has 0 radical (unpaired) electrons. The first kappa shape index (κ1) is 15.5. The van der Waals surface area contributed by atoms with Crippen LogP contribution in [0.15, 0.2) is 42.7 Å². The highest BCUT2D eigenvalue weighted by atomic mass is 35.5. The van der Waals surface area contributed by atoms with Gasteiger partial charge >= 0.3 is 0 Å². The molecule has 1 heterocycles. The van der Waals surface area contributed by atoms with Crippen LogP contribution in [-0.4, -0.2) is 22.3 Å². The Bertz CT molecular complexity index is 613. The highest BCUT2D eigenvalue weighted by Gasteiger charge is 2.09. The second-order valence-electron chi connectivity index (χ2n) is 4.88. The molecule has 0 aliphatic carbocycles. The van der Waals surface area contributed by atoms with Gasteiger partial charge < -0.3 is 5.73 Å². The molecule has 0 saturated heterocycles. The molecule has 1 aromatic carbocycles. The van der Waals surface area contributed by atoms with Crippen molar-refractivity contribution in [1.82, 2.24) is 9.88 Å². The van der Waals surface area contributed by atoms with Gasteiger partial charge in [0.15, 0.2) is 0 Å². The van der Waals surface area contributed by atoms with Crippen molar-refractivity contribution in [3.05, 3.63) is 64.4 Å². The molecule has 5 heteroatoms. The molecule has 4 nitrogen and oxygen atoms in total. The first-order valence-corrected chi connectivity index (χ1v) is 7.22. The summed E-state index contributed by atoms with van der Waals surface area (Å²) >= 11 is 6.29. The number of nitrogen functional groups attached to an aromatic ring is 1. The molecule has 1 aromatic heterocycles. The second kappa shape index (κ2) is 7.20. The van der Waals surface area contributed by atoms with E-state index in [4.69, 9.17) is 22.7 Å². The molecule has 110 valence electrons. The summed E-state index contributed by atoms with van der Waals surface area (Å²) in [5.41, 5.74) is 8.39. The van der Waals surface area contributed by atoms with Crippen molar-refractivity contribution in [2.75, 3.05) is 6.54 Å². The van der Waals surface area contributed by atoms with Gasteiger partial charge in [0.2, 0.25) is 0 Å². The van der Waals surface area contributed by atoms with Crippen LogP contribution in [0.4, 0.5) is 0 Å². The average molecular weight is 303 g/mol. The van der Waals surface area contributed by atoms with E-state index in [1.54, 1.807) is 18.5 Å². The number of nitrogens with two attached hydrogens (primary N) is 1. The lowest BCUT2D eigenvalue weighted by Crippen LogP contribution is -2.22. The van der Waals surface area contributed by atoms with Gasteiger partial charge in [-0.2, -0.15) is 0 Å². The predicted octanol–water partition coefficient (Wildman–Crippen LogP) is 3.04. The van der Waals surface area contributed by atoms with Crippen molar-refractivity contribution in [3.8, 4) is 0 Å². The summed E-state index contributed by atoms with van der Waals surface area (Å²) in [6.07, 6.45) is 3.61. The van der Waals surface area contributed by atoms with Gasteiger partial charge in [-0.1, -0.05) is 30.7 Å². The molecular weight excluding hydrogens is 284 g/mol. The zero-order valence-corrected chi connectivity index (χ0v) is 12.8. The van der Waals surface area contributed by atoms with Crippen molar-refractivity contribution in [1.29, 1.82) is 5.41 Å². The van der Waals surface area contributed by atoms with Crippen LogP contribution in [0.3, 0.4) is 0 Å². The average Bonchev–Trinajstić information content (AvgIpc) is 2.49. The molecule has 2 rings (SSSR count). The number of pyridine rings is 1. The molecule has 0 fully saturated rings. The zero-order chi connectivity index (χ0) is 15.2. The van der Waals surface area contributed by atoms with Crippen molar-refractivity contribution >= 4 is 17.4 Å². The van der Waals surface area contributed by atoms with Crippen molar-refractivity contribution < 1.29 is 0 Å². The van der Waals surface area contributed by atoms with E-state index in [2.05, 4.69) is 16.8 Å². The monoisotopic (exact) mass is 302 g/mol. The summed E-state index contributed by atoms with van der Waals surface area (Å²) < 4.78 is 0. The fourth-order valence-electron chi connectivity index (χ4n) is 2.11. The number of nitrogens with one attached hydrogen (secondary N) is 1. The number of aromatic nitrogens is 1. The Morgan fingerprint density at radius 1 is 1.24 bits per heavy atom. The summed E-state index contributed by atoms with van der Waals surface area (Å²) in [4.78, 5) is 6.33. The highest BCUT2D eigenvalue weighted by Crippen LogP contribution is 2.20. The number of rotatable bonds is 6. The predicted molar refractivity (Wildman–Crippen MR) is 86.5 cm³/mol. The Labute approximate surface area is 130 Å². The number of hydrogen-bond donors (Lipinski definition) is 2. The normalized spacial score (nSPS) is 10.8. The Hall–Kier alpha value is -1.91. The number of amidine groups is 1. The Kier molecular flexibility index (Phi) is 5.31. The number of nitrogens with zero attached hydrogens (tertiary/aromatic N) is 2. The minimum atomic E-state index is 0.0348. The Balaban J connectivity index is 2.10. The third kappa shape index (κ3) is 4.28. The first-order chi connectivity index (χ1) is 10.1. The second-order valence-corrected chi connectivity index (χ2v) is 5.29. The number of benzene rings is 1. The van der Waals surface area contributed by atoms with E-state index in [0.717, 1.165) is 25.2 Å². The van der Waals surface area contributed by atoms with Crippen LogP contribution in [0.2, 0.25) is 5.02 Å². The van der Waals surface area contributed by atoms with Gasteiger partial charge in [-0.15, -0.1) is 0 Å². The molecule has 0 aliphatic heterocycles. The molecule has 0 amide bonds. The largest absolute Gasteiger partial charge is 0.384 e. The van der Waals surface area contributed by atoms with E-state index in [9.17, 15) is 0 Å². The van der Waals surface area contributed by atoms with E-state index >= 15 is 0 Å². The van der Waals surface area contributed by atoms with Crippen molar-refractivity contribution in [2.45, 2.75) is 20.0 Å². The molecular formula is C16H19ClN4. The van der Waals surface area contributed by atoms with Crippen LogP contribution < -0.4 is 5.73 Å². The fraction of sp³-hybridized carbons (Fsp3) is 0.250. The minimum absolute atomic E-state index is 0.0348. The first-order valence-electron chi connectivity index (χ1n) is 6.84. The van der Waals surface area contributed by atoms with Gasteiger partial charge in [0.1, 0.15) is 5.84 Å². The van der Waals surface area contributed by atoms with Crippen LogP contribution in [0, 0.1) is 5.41 Å². The summed E-state index contributed by atoms with van der Waals surface area (Å²) in [6, 6.07) is 9.56. The summed E-state index contributed by atoms with van der Waals surface area (Å²) in [7, 11) is 0. The minimum Gasteiger partial charge on any atom is -0.384 e. The molecule has 3 N–H and O–H groups in total. The lowest BCUT2D eigenvalue weighted by atomic mass is 10.1. The quantitative estimate of drug-likeness (QED) is 0.636. The van der Waals surface area contributed by atoms with Gasteiger partial charge in [-0.3, -0.25) is 15.3 Å². The van der Waals surface area contributed by atoms with E-state index < -0.39 is 0 Å². The number of hydrogen-bond acceptors (Lipinski definition) is 3. The van der Waals surface area contributed by atoms with Crippen molar-refractivity contribution in [2.24, 2.45) is 5.73 Å². The molecule has 0 saturated carbocycles. The van der Waals surface area contributed by atoms with Crippen LogP contribution in [-0.2, 0) is 13.1 Å². The van der Waals surface area contributed by atoms with Crippen LogP contribution in [0.25, 0.3) is 0 Å². The number of halogens is 1. The van der Waals surface area contributed by atoms with Crippen LogP contribution in [0.5, 0.6) is 0 Å². The van der Waals surface area contributed by atoms with Gasteiger partial charge in [-0.25, -0.2) is 0 Å². The standard InChI is InChI=1S/C16H19ClN4/c1-2-21(10-12-5-7-20-8-6-12)11-14-4-3-13(16(18)19)9-15(14)17/h3-9H,2,10-11H2,1H3,(H3,18,19). The maximum absolute atomic E-state index is 7.43. The van der Waals surface area contributed by atoms with Crippen LogP contribution in [0.1, 0.15) is 23.6 Å². The van der Waals surface area contributed by atoms with Gasteiger partial charge in [-0.05, 0) is 35.9 Å². The van der Waals surface area contributed by atoms with Gasteiger partial charge in [0.05, 0.1) is 0 Å². The lowest BCUT2D eigenvalue weighted by Gasteiger charge is -2.21. The molecule has 0 unspecified atom stereocenters. The Morgan fingerprint density at radius 2 is 1.95 bits per heavy atom. The maximum Gasteiger partial charge on any atom is 0.122 e. The molecule has 0 atom stereocenters. The van der Waals surface area contributed by atoms with Crippen LogP contribution >= 0.6 is 11.6 Å². The maximum atomic E-state index is 7.43. The zero-order valence-electron chi connectivity index (χ0n) is 12.0. The third-order valence-corrected chi connectivity index (χ3v) is 3.71. The lowest BCUT2D eigenvalue weighted by molar-refractivity contribution is 0.271. The summed E-state index contributed by atoms with van der Waals surface area (Å²) in [5.74, 6) is 0.0348. The topological polar surface area (TPSA) is 66.0 Å². The van der Waals surface area contributed by atoms with E-state index in [1.807, 2.05) is 24.3 Å². The smallest absolute Gasteiger partial charge is 0.122 e. The summed E-state index contributed by atoms with van der Waals surface area (Å²) in [5, 5.41) is 8.08. The van der Waals surface area contributed by atoms with E-state index in [1.165, 1.54) is 5.56 Å². The molecule has 0 aliphatic rings. The Morgan fingerprint density at radius 3 is 2.52 bits per heavy atom. The van der Waals surface area contributed by atoms with Crippen molar-refractivity contribution in [3.63, 3.8) is 0 Å². The van der Waals surface area contributed by atoms with Gasteiger partial charge in [0, 0.05) is 36.1 Å². The highest BCUT2D eigenvalue weighted by molar-refractivity contribution is 6.31. The molecule has 21 heavy (non-hydrogen) atoms. The SMILES string of the molecule is CCN(Cc1ccncc1)Cc1ccc(C(=N)N)cc1Cl. The molecule has 0 bridgehead atoms.